The number of alkyl halides is 4. The number of hydrogen-bond acceptors (Lipinski definition) is 2. The highest BCUT2D eigenvalue weighted by Crippen LogP contribution is 2.38. The lowest BCUT2D eigenvalue weighted by atomic mass is 9.97. The maximum atomic E-state index is 13.6. The Morgan fingerprint density at radius 2 is 2.05 bits per heavy atom. The molecule has 21 heavy (non-hydrogen) atoms. The van der Waals surface area contributed by atoms with Gasteiger partial charge in [-0.3, -0.25) is 0 Å². The van der Waals surface area contributed by atoms with Gasteiger partial charge < -0.3 is 15.5 Å². The van der Waals surface area contributed by atoms with Crippen LogP contribution in [0.15, 0.2) is 18.2 Å². The second-order valence-electron chi connectivity index (χ2n) is 4.90. The molecule has 1 heterocycles. The van der Waals surface area contributed by atoms with Gasteiger partial charge in [-0.1, -0.05) is 12.1 Å². The first-order valence-electron chi connectivity index (χ1n) is 6.25. The van der Waals surface area contributed by atoms with Crippen LogP contribution in [0.2, 0.25) is 0 Å². The van der Waals surface area contributed by atoms with Gasteiger partial charge in [-0.05, 0) is 24.2 Å². The van der Waals surface area contributed by atoms with E-state index in [0.717, 1.165) is 0 Å². The maximum absolute atomic E-state index is 13.6. The molecule has 0 fully saturated rings. The van der Waals surface area contributed by atoms with Gasteiger partial charge in [0.15, 0.2) is 0 Å². The van der Waals surface area contributed by atoms with Gasteiger partial charge in [-0.2, -0.15) is 8.78 Å². The van der Waals surface area contributed by atoms with Crippen LogP contribution in [-0.2, 0) is 6.54 Å². The summed E-state index contributed by atoms with van der Waals surface area (Å²) < 4.78 is 52.2. The number of rotatable bonds is 4. The normalized spacial score (nSPS) is 16.7. The van der Waals surface area contributed by atoms with Gasteiger partial charge in [0.2, 0.25) is 0 Å². The van der Waals surface area contributed by atoms with Gasteiger partial charge in [0.05, 0.1) is 0 Å². The van der Waals surface area contributed by atoms with Gasteiger partial charge in [-0.25, -0.2) is 13.6 Å². The monoisotopic (exact) mass is 305 g/mol. The number of nitrogens with zero attached hydrogens (tertiary/aromatic N) is 1. The molecule has 0 saturated heterocycles. The fourth-order valence-corrected chi connectivity index (χ4v) is 2.29. The van der Waals surface area contributed by atoms with Gasteiger partial charge in [0.25, 0.3) is 0 Å². The molecule has 0 spiro atoms. The summed E-state index contributed by atoms with van der Waals surface area (Å²) in [7, 11) is 2.75. The molecule has 0 aromatic heterocycles. The molecular formula is C13H15F4N3O. The number of carbonyl (C=O) groups excluding carboxylic acids is 1. The molecule has 1 atom stereocenters. The van der Waals surface area contributed by atoms with Crippen molar-refractivity contribution in [2.24, 2.45) is 0 Å². The molecule has 2 rings (SSSR count). The minimum absolute atomic E-state index is 0.0473. The molecule has 1 aliphatic heterocycles. The second-order valence-corrected chi connectivity index (χ2v) is 4.90. The third kappa shape index (κ3) is 2.80. The fourth-order valence-electron chi connectivity index (χ4n) is 2.29. The van der Waals surface area contributed by atoms with Crippen molar-refractivity contribution in [2.75, 3.05) is 19.4 Å². The maximum Gasteiger partial charge on any atom is 0.326 e. The topological polar surface area (TPSA) is 44.4 Å². The first-order valence-corrected chi connectivity index (χ1v) is 6.25. The van der Waals surface area contributed by atoms with Gasteiger partial charge in [0, 0.05) is 19.3 Å². The summed E-state index contributed by atoms with van der Waals surface area (Å²) in [5.41, 5.74) is 1.14. The number of carbonyl (C=O) groups is 1. The van der Waals surface area contributed by atoms with Crippen LogP contribution >= 0.6 is 0 Å². The minimum atomic E-state index is -4.19. The Bertz CT molecular complexity index is 550. The molecule has 1 unspecified atom stereocenters. The molecule has 2 amide bonds. The third-order valence-electron chi connectivity index (χ3n) is 3.42. The number of fused-ring (bicyclic) bond motifs is 1. The number of urea groups is 1. The Labute approximate surface area is 119 Å². The number of nitrogens with one attached hydrogen (secondary N) is 2. The van der Waals surface area contributed by atoms with Crippen LogP contribution < -0.4 is 10.6 Å². The van der Waals surface area contributed by atoms with Gasteiger partial charge in [0.1, 0.15) is 6.04 Å². The lowest BCUT2D eigenvalue weighted by molar-refractivity contribution is -0.150. The zero-order valence-electron chi connectivity index (χ0n) is 11.5. The Hall–Kier alpha value is -1.83. The van der Waals surface area contributed by atoms with Crippen molar-refractivity contribution in [2.45, 2.75) is 24.9 Å². The molecule has 8 heteroatoms. The van der Waals surface area contributed by atoms with E-state index in [2.05, 4.69) is 10.6 Å². The first-order chi connectivity index (χ1) is 9.77. The molecule has 2 N–H and O–H groups in total. The molecule has 1 aliphatic rings. The smallest absolute Gasteiger partial charge is 0.323 e. The Morgan fingerprint density at radius 1 is 1.38 bits per heavy atom. The number of hydrogen-bond donors (Lipinski definition) is 2. The van der Waals surface area contributed by atoms with Gasteiger partial charge >= 0.3 is 18.4 Å². The van der Waals surface area contributed by atoms with Crippen molar-refractivity contribution in [1.82, 2.24) is 10.2 Å². The number of halogens is 4. The van der Waals surface area contributed by atoms with Crippen LogP contribution in [-0.4, -0.2) is 37.4 Å². The van der Waals surface area contributed by atoms with E-state index in [1.165, 1.54) is 30.1 Å². The van der Waals surface area contributed by atoms with Gasteiger partial charge in [-0.15, -0.1) is 0 Å². The molecule has 1 aromatic carbocycles. The predicted molar refractivity (Wildman–Crippen MR) is 69.7 cm³/mol. The molecule has 0 radical (unpaired) electrons. The van der Waals surface area contributed by atoms with Crippen molar-refractivity contribution in [1.29, 1.82) is 0 Å². The zero-order chi connectivity index (χ0) is 15.8. The summed E-state index contributed by atoms with van der Waals surface area (Å²) in [6.45, 7) is 0.228. The fraction of sp³-hybridized carbons (Fsp3) is 0.462. The van der Waals surface area contributed by atoms with Crippen LogP contribution in [0.25, 0.3) is 0 Å². The van der Waals surface area contributed by atoms with E-state index in [1.54, 1.807) is 7.05 Å². The average Bonchev–Trinajstić information content (AvgIpc) is 2.40. The molecule has 0 saturated carbocycles. The SMILES string of the molecule is CNC(c1ccc2c(c1)CN(C)C(=O)N2)C(F)(F)C(F)F. The van der Waals surface area contributed by atoms with Crippen LogP contribution in [0, 0.1) is 0 Å². The molecule has 4 nitrogen and oxygen atoms in total. The molecule has 0 aliphatic carbocycles. The first kappa shape index (κ1) is 15.6. The number of anilines is 1. The molecule has 1 aromatic rings. The van der Waals surface area contributed by atoms with Crippen LogP contribution in [0.3, 0.4) is 0 Å². The van der Waals surface area contributed by atoms with E-state index in [4.69, 9.17) is 0 Å². The summed E-state index contributed by atoms with van der Waals surface area (Å²) >= 11 is 0. The molecule has 0 bridgehead atoms. The Kier molecular flexibility index (Phi) is 4.08. The van der Waals surface area contributed by atoms with Crippen molar-refractivity contribution in [3.8, 4) is 0 Å². The van der Waals surface area contributed by atoms with Crippen molar-refractivity contribution < 1.29 is 22.4 Å². The third-order valence-corrected chi connectivity index (χ3v) is 3.42. The predicted octanol–water partition coefficient (Wildman–Crippen LogP) is 2.82. The number of amides is 2. The van der Waals surface area contributed by atoms with Crippen molar-refractivity contribution in [3.05, 3.63) is 29.3 Å². The Morgan fingerprint density at radius 3 is 2.62 bits per heavy atom. The van der Waals surface area contributed by atoms with E-state index in [1.807, 2.05) is 0 Å². The highest BCUT2D eigenvalue weighted by molar-refractivity contribution is 5.92. The largest absolute Gasteiger partial charge is 0.326 e. The summed E-state index contributed by atoms with van der Waals surface area (Å²) in [5.74, 6) is -4.19. The van der Waals surface area contributed by atoms with E-state index in [-0.39, 0.29) is 18.1 Å². The lowest BCUT2D eigenvalue weighted by Crippen LogP contribution is -2.41. The van der Waals surface area contributed by atoms with E-state index in [0.29, 0.717) is 11.3 Å². The van der Waals surface area contributed by atoms with Crippen LogP contribution in [0.1, 0.15) is 17.2 Å². The van der Waals surface area contributed by atoms with E-state index >= 15 is 0 Å². The Balaban J connectivity index is 2.37. The van der Waals surface area contributed by atoms with Crippen molar-refractivity contribution in [3.63, 3.8) is 0 Å². The van der Waals surface area contributed by atoms with Crippen LogP contribution in [0.5, 0.6) is 0 Å². The highest BCUT2D eigenvalue weighted by atomic mass is 19.3. The minimum Gasteiger partial charge on any atom is -0.323 e. The quantitative estimate of drug-likeness (QED) is 0.840. The second kappa shape index (κ2) is 5.51. The summed E-state index contributed by atoms with van der Waals surface area (Å²) in [4.78, 5) is 12.8. The number of benzene rings is 1. The van der Waals surface area contributed by atoms with Crippen LogP contribution in [0.4, 0.5) is 28.0 Å². The standard InChI is InChI=1S/C13H15F4N3O/c1-18-10(13(16,17)11(14)15)7-3-4-9-8(5-7)6-20(2)12(21)19-9/h3-5,10-11,18H,6H2,1-2H3,(H,19,21). The molecule has 116 valence electrons. The summed E-state index contributed by atoms with van der Waals surface area (Å²) in [5, 5.41) is 4.82. The molecular weight excluding hydrogens is 290 g/mol. The summed E-state index contributed by atoms with van der Waals surface area (Å²) in [6, 6.07) is 2.05. The lowest BCUT2D eigenvalue weighted by Gasteiger charge is -2.29. The summed E-state index contributed by atoms with van der Waals surface area (Å²) in [6.07, 6.45) is -3.77. The zero-order valence-corrected chi connectivity index (χ0v) is 11.5. The van der Waals surface area contributed by atoms with E-state index < -0.39 is 18.4 Å². The highest BCUT2D eigenvalue weighted by Gasteiger charge is 2.48. The average molecular weight is 305 g/mol. The van der Waals surface area contributed by atoms with E-state index in [9.17, 15) is 22.4 Å². The van der Waals surface area contributed by atoms with Crippen molar-refractivity contribution >= 4 is 11.7 Å².